The molecule has 152 valence electrons. The number of thiophene rings is 1. The van der Waals surface area contributed by atoms with Crippen molar-refractivity contribution >= 4 is 38.6 Å². The second-order valence-corrected chi connectivity index (χ2v) is 10.9. The zero-order chi connectivity index (χ0) is 20.3. The lowest BCUT2D eigenvalue weighted by Gasteiger charge is -2.13. The number of carbonyl (C=O) groups excluding carboxylic acids is 1. The number of hydrogen-bond donors (Lipinski definition) is 1. The number of sulfonamides is 1. The number of pyridine rings is 1. The topological polar surface area (TPSA) is 92.3 Å². The molecule has 0 spiro atoms. The van der Waals surface area contributed by atoms with Crippen LogP contribution in [0.1, 0.15) is 22.7 Å². The van der Waals surface area contributed by atoms with Crippen molar-refractivity contribution in [3.8, 4) is 11.3 Å². The minimum absolute atomic E-state index is 0.155. The van der Waals surface area contributed by atoms with E-state index in [0.717, 1.165) is 34.0 Å². The molecule has 10 heteroatoms. The molecule has 0 radical (unpaired) electrons. The van der Waals surface area contributed by atoms with Crippen molar-refractivity contribution in [1.29, 1.82) is 0 Å². The number of carbonyl (C=O) groups is 1. The highest BCUT2D eigenvalue weighted by Crippen LogP contribution is 2.27. The van der Waals surface area contributed by atoms with Crippen molar-refractivity contribution < 1.29 is 13.2 Å². The maximum atomic E-state index is 12.6. The van der Waals surface area contributed by atoms with E-state index in [1.54, 1.807) is 24.5 Å². The summed E-state index contributed by atoms with van der Waals surface area (Å²) in [4.78, 5) is 21.5. The van der Waals surface area contributed by atoms with E-state index in [0.29, 0.717) is 23.8 Å². The summed E-state index contributed by atoms with van der Waals surface area (Å²) in [5.74, 6) is -0.155. The SMILES string of the molecule is O=C(Cc1ccc(S(=O)(=O)N2CCCC2)s1)NCc1nc(-c2ccncc2)cs1. The van der Waals surface area contributed by atoms with Gasteiger partial charge in [0.2, 0.25) is 5.91 Å². The Morgan fingerprint density at radius 2 is 1.90 bits per heavy atom. The molecular formula is C19H20N4O3S3. The Balaban J connectivity index is 1.33. The summed E-state index contributed by atoms with van der Waals surface area (Å²) in [6.45, 7) is 1.50. The van der Waals surface area contributed by atoms with Crippen molar-refractivity contribution in [2.75, 3.05) is 13.1 Å². The summed E-state index contributed by atoms with van der Waals surface area (Å²) in [6.07, 6.45) is 5.40. The van der Waals surface area contributed by atoms with Gasteiger partial charge in [0.1, 0.15) is 9.22 Å². The number of amides is 1. The molecule has 0 saturated carbocycles. The molecule has 1 saturated heterocycles. The fourth-order valence-corrected chi connectivity index (χ4v) is 6.86. The van der Waals surface area contributed by atoms with E-state index < -0.39 is 10.0 Å². The minimum atomic E-state index is -3.43. The van der Waals surface area contributed by atoms with Crippen LogP contribution in [-0.2, 0) is 27.8 Å². The van der Waals surface area contributed by atoms with Crippen LogP contribution in [0, 0.1) is 0 Å². The molecule has 3 aromatic rings. The molecule has 29 heavy (non-hydrogen) atoms. The molecule has 1 aliphatic rings. The molecular weight excluding hydrogens is 428 g/mol. The second kappa shape index (κ2) is 8.70. The minimum Gasteiger partial charge on any atom is -0.349 e. The largest absolute Gasteiger partial charge is 0.349 e. The van der Waals surface area contributed by atoms with Crippen LogP contribution in [0.4, 0.5) is 0 Å². The number of nitrogens with zero attached hydrogens (tertiary/aromatic N) is 3. The molecule has 1 aliphatic heterocycles. The monoisotopic (exact) mass is 448 g/mol. The zero-order valence-electron chi connectivity index (χ0n) is 15.6. The molecule has 1 amide bonds. The first kappa shape index (κ1) is 20.1. The fourth-order valence-electron chi connectivity index (χ4n) is 3.09. The van der Waals surface area contributed by atoms with Crippen LogP contribution in [0.3, 0.4) is 0 Å². The van der Waals surface area contributed by atoms with Gasteiger partial charge in [0.15, 0.2) is 0 Å². The molecule has 0 bridgehead atoms. The van der Waals surface area contributed by atoms with E-state index in [1.165, 1.54) is 27.0 Å². The molecule has 3 aromatic heterocycles. The highest BCUT2D eigenvalue weighted by Gasteiger charge is 2.28. The second-order valence-electron chi connectivity index (χ2n) is 6.65. The first-order valence-electron chi connectivity index (χ1n) is 9.23. The van der Waals surface area contributed by atoms with E-state index in [1.807, 2.05) is 17.5 Å². The van der Waals surface area contributed by atoms with Gasteiger partial charge >= 0.3 is 0 Å². The number of rotatable bonds is 7. The summed E-state index contributed by atoms with van der Waals surface area (Å²) >= 11 is 2.65. The summed E-state index contributed by atoms with van der Waals surface area (Å²) in [6, 6.07) is 7.10. The van der Waals surface area contributed by atoms with E-state index in [-0.39, 0.29) is 12.3 Å². The van der Waals surface area contributed by atoms with Gasteiger partial charge in [-0.15, -0.1) is 22.7 Å². The molecule has 0 aromatic carbocycles. The predicted octanol–water partition coefficient (Wildman–Crippen LogP) is 2.91. The average molecular weight is 449 g/mol. The number of thiazole rings is 1. The Labute approximate surface area is 177 Å². The maximum Gasteiger partial charge on any atom is 0.252 e. The third-order valence-electron chi connectivity index (χ3n) is 4.60. The van der Waals surface area contributed by atoms with Gasteiger partial charge in [-0.3, -0.25) is 9.78 Å². The molecule has 0 unspecified atom stereocenters. The summed E-state index contributed by atoms with van der Waals surface area (Å²) in [5.41, 5.74) is 1.84. The van der Waals surface area contributed by atoms with E-state index >= 15 is 0 Å². The molecule has 0 aliphatic carbocycles. The van der Waals surface area contributed by atoms with E-state index in [2.05, 4.69) is 15.3 Å². The number of hydrogen-bond acceptors (Lipinski definition) is 7. The third kappa shape index (κ3) is 4.72. The lowest BCUT2D eigenvalue weighted by Crippen LogP contribution is -2.27. The molecule has 4 heterocycles. The first-order valence-corrected chi connectivity index (χ1v) is 12.4. The van der Waals surface area contributed by atoms with Crippen molar-refractivity contribution in [3.05, 3.63) is 51.9 Å². The highest BCUT2D eigenvalue weighted by atomic mass is 32.2. The van der Waals surface area contributed by atoms with Crippen LogP contribution in [0.5, 0.6) is 0 Å². The van der Waals surface area contributed by atoms with Crippen molar-refractivity contribution in [2.45, 2.75) is 30.0 Å². The summed E-state index contributed by atoms with van der Waals surface area (Å²) in [7, 11) is -3.43. The van der Waals surface area contributed by atoms with Crippen LogP contribution < -0.4 is 5.32 Å². The van der Waals surface area contributed by atoms with E-state index in [9.17, 15) is 13.2 Å². The number of nitrogens with one attached hydrogen (secondary N) is 1. The van der Waals surface area contributed by atoms with Gasteiger partial charge in [0, 0.05) is 41.3 Å². The molecule has 0 atom stereocenters. The van der Waals surface area contributed by atoms with Crippen LogP contribution >= 0.6 is 22.7 Å². The quantitative estimate of drug-likeness (QED) is 0.600. The summed E-state index contributed by atoms with van der Waals surface area (Å²) in [5, 5.41) is 5.62. The normalized spacial score (nSPS) is 14.9. The molecule has 4 rings (SSSR count). The van der Waals surface area contributed by atoms with Crippen molar-refractivity contribution in [2.24, 2.45) is 0 Å². The highest BCUT2D eigenvalue weighted by molar-refractivity contribution is 7.91. The van der Waals surface area contributed by atoms with Crippen LogP contribution in [0.2, 0.25) is 0 Å². The van der Waals surface area contributed by atoms with E-state index in [4.69, 9.17) is 0 Å². The third-order valence-corrected chi connectivity index (χ3v) is 8.90. The van der Waals surface area contributed by atoms with Gasteiger partial charge in [-0.25, -0.2) is 13.4 Å². The van der Waals surface area contributed by atoms with Gasteiger partial charge < -0.3 is 5.32 Å². The van der Waals surface area contributed by atoms with Gasteiger partial charge in [-0.05, 0) is 37.1 Å². The Morgan fingerprint density at radius 1 is 1.14 bits per heavy atom. The Bertz CT molecular complexity index is 1090. The van der Waals surface area contributed by atoms with Gasteiger partial charge in [0.25, 0.3) is 10.0 Å². The Hall–Kier alpha value is -2.14. The van der Waals surface area contributed by atoms with Crippen LogP contribution in [0.25, 0.3) is 11.3 Å². The first-order chi connectivity index (χ1) is 14.0. The molecule has 7 nitrogen and oxygen atoms in total. The molecule has 1 fully saturated rings. The molecule has 1 N–H and O–H groups in total. The lowest BCUT2D eigenvalue weighted by molar-refractivity contribution is -0.120. The smallest absolute Gasteiger partial charge is 0.252 e. The van der Waals surface area contributed by atoms with Crippen molar-refractivity contribution in [1.82, 2.24) is 19.6 Å². The zero-order valence-corrected chi connectivity index (χ0v) is 18.0. The fraction of sp³-hybridized carbons (Fsp3) is 0.316. The predicted molar refractivity (Wildman–Crippen MR) is 113 cm³/mol. The maximum absolute atomic E-state index is 12.6. The van der Waals surface area contributed by atoms with Crippen molar-refractivity contribution in [3.63, 3.8) is 0 Å². The Kier molecular flexibility index (Phi) is 6.04. The average Bonchev–Trinajstić information content (AvgIpc) is 3.48. The number of aromatic nitrogens is 2. The van der Waals surface area contributed by atoms with Gasteiger partial charge in [-0.1, -0.05) is 0 Å². The Morgan fingerprint density at radius 3 is 2.66 bits per heavy atom. The van der Waals surface area contributed by atoms with Crippen LogP contribution in [-0.4, -0.2) is 41.7 Å². The van der Waals surface area contributed by atoms with Gasteiger partial charge in [-0.2, -0.15) is 4.31 Å². The lowest BCUT2D eigenvalue weighted by atomic mass is 10.2. The van der Waals surface area contributed by atoms with Gasteiger partial charge in [0.05, 0.1) is 18.7 Å². The van der Waals surface area contributed by atoms with Crippen LogP contribution in [0.15, 0.2) is 46.2 Å². The standard InChI is InChI=1S/C19H20N4O3S3/c24-17(21-12-18-22-16(13-27-18)14-5-7-20-8-6-14)11-15-3-4-19(28-15)29(25,26)23-9-1-2-10-23/h3-8,13H,1-2,9-12H2,(H,21,24). The summed E-state index contributed by atoms with van der Waals surface area (Å²) < 4.78 is 27.0.